The van der Waals surface area contributed by atoms with Gasteiger partial charge in [-0.1, -0.05) is 12.2 Å². The van der Waals surface area contributed by atoms with Crippen molar-refractivity contribution in [3.05, 3.63) is 12.2 Å². The van der Waals surface area contributed by atoms with Crippen molar-refractivity contribution in [1.82, 2.24) is 0 Å². The van der Waals surface area contributed by atoms with Crippen LogP contribution in [0.25, 0.3) is 0 Å². The molecule has 0 heterocycles. The smallest absolute Gasteiger partial charge is 0.303 e. The first-order valence-corrected chi connectivity index (χ1v) is 2.60. The van der Waals surface area contributed by atoms with Crippen molar-refractivity contribution in [3.8, 4) is 0 Å². The summed E-state index contributed by atoms with van der Waals surface area (Å²) in [5, 5.41) is 8.11. The highest BCUT2D eigenvalue weighted by Crippen LogP contribution is 1.88. The SMILES string of the molecule is CC=CCCC(=O)O.Cl. The Labute approximate surface area is 61.0 Å². The maximum absolute atomic E-state index is 9.84. The molecule has 0 spiro atoms. The van der Waals surface area contributed by atoms with E-state index in [-0.39, 0.29) is 18.8 Å². The molecule has 0 aromatic carbocycles. The predicted molar refractivity (Wildman–Crippen MR) is 38.9 cm³/mol. The minimum Gasteiger partial charge on any atom is -0.481 e. The Hall–Kier alpha value is -0.500. The normalized spacial score (nSPS) is 9.00. The molecule has 0 saturated heterocycles. The minimum atomic E-state index is -0.733. The van der Waals surface area contributed by atoms with Crippen LogP contribution in [0.2, 0.25) is 0 Å². The zero-order valence-electron chi connectivity index (χ0n) is 5.33. The topological polar surface area (TPSA) is 37.3 Å². The van der Waals surface area contributed by atoms with Crippen molar-refractivity contribution in [2.75, 3.05) is 0 Å². The van der Waals surface area contributed by atoms with Gasteiger partial charge < -0.3 is 5.11 Å². The molecule has 3 heteroatoms. The van der Waals surface area contributed by atoms with E-state index in [0.29, 0.717) is 6.42 Å². The molecule has 0 unspecified atom stereocenters. The van der Waals surface area contributed by atoms with E-state index in [0.717, 1.165) is 0 Å². The standard InChI is InChI=1S/C6H10O2.ClH/c1-2-3-4-5-6(7)8;/h2-3H,4-5H2,1H3,(H,7,8);1H. The van der Waals surface area contributed by atoms with Crippen molar-refractivity contribution in [2.24, 2.45) is 0 Å². The molecule has 0 aliphatic heterocycles. The van der Waals surface area contributed by atoms with Crippen LogP contribution in [0.5, 0.6) is 0 Å². The molecule has 9 heavy (non-hydrogen) atoms. The van der Waals surface area contributed by atoms with E-state index in [4.69, 9.17) is 5.11 Å². The summed E-state index contributed by atoms with van der Waals surface area (Å²) >= 11 is 0. The maximum atomic E-state index is 9.84. The summed E-state index contributed by atoms with van der Waals surface area (Å²) < 4.78 is 0. The van der Waals surface area contributed by atoms with E-state index in [2.05, 4.69) is 0 Å². The molecule has 2 nitrogen and oxygen atoms in total. The molecule has 0 bridgehead atoms. The number of rotatable bonds is 3. The fourth-order valence-electron chi connectivity index (χ4n) is 0.373. The Morgan fingerprint density at radius 1 is 1.67 bits per heavy atom. The van der Waals surface area contributed by atoms with Crippen LogP contribution in [0.4, 0.5) is 0 Å². The first-order valence-electron chi connectivity index (χ1n) is 2.60. The molecule has 0 saturated carbocycles. The lowest BCUT2D eigenvalue weighted by Gasteiger charge is -1.83. The molecular weight excluding hydrogens is 140 g/mol. The number of allylic oxidation sites excluding steroid dienone is 2. The highest BCUT2D eigenvalue weighted by molar-refractivity contribution is 5.85. The third-order valence-electron chi connectivity index (χ3n) is 0.761. The van der Waals surface area contributed by atoms with Gasteiger partial charge in [0.15, 0.2) is 0 Å². The van der Waals surface area contributed by atoms with E-state index in [1.807, 2.05) is 19.1 Å². The lowest BCUT2D eigenvalue weighted by atomic mass is 10.3. The zero-order valence-corrected chi connectivity index (χ0v) is 6.15. The van der Waals surface area contributed by atoms with Crippen LogP contribution in [0.15, 0.2) is 12.2 Å². The van der Waals surface area contributed by atoms with Gasteiger partial charge in [-0.15, -0.1) is 12.4 Å². The molecule has 0 rings (SSSR count). The zero-order chi connectivity index (χ0) is 6.41. The van der Waals surface area contributed by atoms with Gasteiger partial charge in [-0.05, 0) is 13.3 Å². The number of carboxylic acid groups (broad SMARTS) is 1. The fourth-order valence-corrected chi connectivity index (χ4v) is 0.373. The predicted octanol–water partition coefficient (Wildman–Crippen LogP) is 1.85. The van der Waals surface area contributed by atoms with Crippen LogP contribution in [-0.2, 0) is 4.79 Å². The second kappa shape index (κ2) is 7.50. The second-order valence-electron chi connectivity index (χ2n) is 1.50. The summed E-state index contributed by atoms with van der Waals surface area (Å²) in [6.07, 6.45) is 4.58. The molecule has 0 aromatic rings. The van der Waals surface area contributed by atoms with Crippen LogP contribution in [0.1, 0.15) is 19.8 Å². The van der Waals surface area contributed by atoms with Gasteiger partial charge in [0.05, 0.1) is 0 Å². The number of aliphatic carboxylic acids is 1. The van der Waals surface area contributed by atoms with Gasteiger partial charge in [0.25, 0.3) is 0 Å². The summed E-state index contributed by atoms with van der Waals surface area (Å²) in [6, 6.07) is 0. The van der Waals surface area contributed by atoms with Crippen LogP contribution in [0.3, 0.4) is 0 Å². The molecule has 1 N–H and O–H groups in total. The molecule has 54 valence electrons. The summed E-state index contributed by atoms with van der Waals surface area (Å²) in [7, 11) is 0. The van der Waals surface area contributed by atoms with Gasteiger partial charge in [0, 0.05) is 6.42 Å². The van der Waals surface area contributed by atoms with Gasteiger partial charge in [0.2, 0.25) is 0 Å². The Kier molecular flexibility index (Phi) is 9.43. The Morgan fingerprint density at radius 3 is 2.56 bits per heavy atom. The van der Waals surface area contributed by atoms with E-state index >= 15 is 0 Å². The summed E-state index contributed by atoms with van der Waals surface area (Å²) in [5.41, 5.74) is 0. The third kappa shape index (κ3) is 11.2. The van der Waals surface area contributed by atoms with Crippen molar-refractivity contribution in [2.45, 2.75) is 19.8 Å². The molecule has 0 amide bonds. The van der Waals surface area contributed by atoms with Gasteiger partial charge in [-0.3, -0.25) is 4.79 Å². The highest BCUT2D eigenvalue weighted by Gasteiger charge is 1.89. The number of carboxylic acids is 1. The molecule has 0 aliphatic rings. The fraction of sp³-hybridized carbons (Fsp3) is 0.500. The molecule has 0 aliphatic carbocycles. The maximum Gasteiger partial charge on any atom is 0.303 e. The molecule has 0 aromatic heterocycles. The number of hydrogen-bond acceptors (Lipinski definition) is 1. The first kappa shape index (κ1) is 11.3. The largest absolute Gasteiger partial charge is 0.481 e. The number of hydrogen-bond donors (Lipinski definition) is 1. The summed E-state index contributed by atoms with van der Waals surface area (Å²) in [6.45, 7) is 1.88. The van der Waals surface area contributed by atoms with E-state index in [9.17, 15) is 4.79 Å². The van der Waals surface area contributed by atoms with Crippen molar-refractivity contribution >= 4 is 18.4 Å². The quantitative estimate of drug-likeness (QED) is 0.624. The van der Waals surface area contributed by atoms with Crippen LogP contribution in [0, 0.1) is 0 Å². The highest BCUT2D eigenvalue weighted by atomic mass is 35.5. The van der Waals surface area contributed by atoms with E-state index < -0.39 is 5.97 Å². The van der Waals surface area contributed by atoms with Gasteiger partial charge in [-0.25, -0.2) is 0 Å². The number of halogens is 1. The molecule has 0 atom stereocenters. The number of carbonyl (C=O) groups is 1. The van der Waals surface area contributed by atoms with Crippen molar-refractivity contribution in [3.63, 3.8) is 0 Å². The average molecular weight is 151 g/mol. The van der Waals surface area contributed by atoms with Crippen LogP contribution >= 0.6 is 12.4 Å². The van der Waals surface area contributed by atoms with Gasteiger partial charge in [0.1, 0.15) is 0 Å². The van der Waals surface area contributed by atoms with Crippen LogP contribution in [-0.4, -0.2) is 11.1 Å². The summed E-state index contributed by atoms with van der Waals surface area (Å²) in [5.74, 6) is -0.733. The molecule has 0 radical (unpaired) electrons. The second-order valence-corrected chi connectivity index (χ2v) is 1.50. The molecular formula is C6H11ClO2. The van der Waals surface area contributed by atoms with E-state index in [1.54, 1.807) is 0 Å². The van der Waals surface area contributed by atoms with Gasteiger partial charge in [-0.2, -0.15) is 0 Å². The lowest BCUT2D eigenvalue weighted by Crippen LogP contribution is -1.91. The minimum absolute atomic E-state index is 0. The van der Waals surface area contributed by atoms with E-state index in [1.165, 1.54) is 0 Å². The molecule has 0 fully saturated rings. The Balaban J connectivity index is 0. The Bertz CT molecular complexity index is 99.2. The van der Waals surface area contributed by atoms with Crippen LogP contribution < -0.4 is 0 Å². The lowest BCUT2D eigenvalue weighted by molar-refractivity contribution is -0.136. The van der Waals surface area contributed by atoms with Gasteiger partial charge >= 0.3 is 5.97 Å². The summed E-state index contributed by atoms with van der Waals surface area (Å²) in [4.78, 5) is 9.84. The van der Waals surface area contributed by atoms with Crippen molar-refractivity contribution < 1.29 is 9.90 Å². The monoisotopic (exact) mass is 150 g/mol. The van der Waals surface area contributed by atoms with Crippen molar-refractivity contribution in [1.29, 1.82) is 0 Å². The Morgan fingerprint density at radius 2 is 2.22 bits per heavy atom. The first-order chi connectivity index (χ1) is 3.77. The third-order valence-corrected chi connectivity index (χ3v) is 0.761. The average Bonchev–Trinajstić information content (AvgIpc) is 1.66.